The van der Waals surface area contributed by atoms with Crippen molar-refractivity contribution in [2.45, 2.75) is 51.0 Å². The van der Waals surface area contributed by atoms with Gasteiger partial charge in [-0.1, -0.05) is 0 Å². The lowest BCUT2D eigenvalue weighted by atomic mass is 9.93. The van der Waals surface area contributed by atoms with E-state index in [1.54, 1.807) is 12.5 Å². The van der Waals surface area contributed by atoms with Crippen molar-refractivity contribution >= 4 is 17.7 Å². The Bertz CT molecular complexity index is 1450. The van der Waals surface area contributed by atoms with Crippen molar-refractivity contribution in [1.82, 2.24) is 34.8 Å². The average molecular weight is 559 g/mol. The second kappa shape index (κ2) is 11.2. The van der Waals surface area contributed by atoms with E-state index in [9.17, 15) is 10.1 Å². The monoisotopic (exact) mass is 558 g/mol. The molecule has 2 saturated carbocycles. The number of nitrogens with one attached hydrogen (secondary N) is 1. The number of amides is 1. The van der Waals surface area contributed by atoms with Crippen LogP contribution in [0, 0.1) is 22.7 Å². The zero-order valence-corrected chi connectivity index (χ0v) is 23.1. The topological polar surface area (TPSA) is 170 Å². The van der Waals surface area contributed by atoms with Gasteiger partial charge in [-0.25, -0.2) is 9.97 Å². The molecule has 13 nitrogen and oxygen atoms in total. The highest BCUT2D eigenvalue weighted by Crippen LogP contribution is 2.44. The van der Waals surface area contributed by atoms with Crippen LogP contribution in [0.1, 0.15) is 55.6 Å². The summed E-state index contributed by atoms with van der Waals surface area (Å²) >= 11 is 0. The summed E-state index contributed by atoms with van der Waals surface area (Å²) in [4.78, 5) is 36.9. The normalized spacial score (nSPS) is 18.3. The van der Waals surface area contributed by atoms with Crippen molar-refractivity contribution < 1.29 is 14.3 Å². The van der Waals surface area contributed by atoms with Crippen molar-refractivity contribution in [3.63, 3.8) is 0 Å². The van der Waals surface area contributed by atoms with Crippen LogP contribution < -0.4 is 25.4 Å². The van der Waals surface area contributed by atoms with Crippen LogP contribution in [-0.2, 0) is 7.05 Å². The molecule has 4 heterocycles. The predicted octanol–water partition coefficient (Wildman–Crippen LogP) is 2.51. The Kier molecular flexibility index (Phi) is 7.30. The third-order valence-electron chi connectivity index (χ3n) is 8.07. The number of aryl methyl sites for hydroxylation is 1. The number of hydrogen-bond acceptors (Lipinski definition) is 11. The second-order valence-electron chi connectivity index (χ2n) is 11.3. The first-order chi connectivity index (χ1) is 19.9. The van der Waals surface area contributed by atoms with E-state index in [1.807, 2.05) is 28.8 Å². The van der Waals surface area contributed by atoms with Gasteiger partial charge in [0.15, 0.2) is 11.6 Å². The van der Waals surface area contributed by atoms with Crippen molar-refractivity contribution in [3.05, 3.63) is 30.6 Å². The first kappa shape index (κ1) is 26.7. The summed E-state index contributed by atoms with van der Waals surface area (Å²) in [5.41, 5.74) is 7.26. The van der Waals surface area contributed by atoms with Crippen LogP contribution in [0.15, 0.2) is 24.8 Å². The number of piperidine rings is 1. The Balaban J connectivity index is 1.09. The highest BCUT2D eigenvalue weighted by molar-refractivity contribution is 5.91. The number of ether oxygens (including phenoxy) is 2. The smallest absolute Gasteiger partial charge is 0.322 e. The Labute approximate surface area is 238 Å². The minimum absolute atomic E-state index is 0.0416. The highest BCUT2D eigenvalue weighted by Gasteiger charge is 2.44. The first-order valence-electron chi connectivity index (χ1n) is 14.1. The lowest BCUT2D eigenvalue weighted by Gasteiger charge is -2.32. The Morgan fingerprint density at radius 1 is 1.17 bits per heavy atom. The fraction of sp³-hybridized carbons (Fsp3) is 0.536. The number of carbonyl (C=O) groups excluding carboxylic acids is 1. The van der Waals surface area contributed by atoms with Gasteiger partial charge in [0, 0.05) is 44.1 Å². The number of hydrogen-bond donors (Lipinski definition) is 2. The fourth-order valence-electron chi connectivity index (χ4n) is 4.88. The molecule has 1 saturated heterocycles. The molecule has 2 aliphatic carbocycles. The van der Waals surface area contributed by atoms with Gasteiger partial charge in [0.05, 0.1) is 30.1 Å². The summed E-state index contributed by atoms with van der Waals surface area (Å²) < 4.78 is 13.8. The van der Waals surface area contributed by atoms with E-state index in [4.69, 9.17) is 15.2 Å². The largest absolute Gasteiger partial charge is 0.489 e. The van der Waals surface area contributed by atoms with Gasteiger partial charge in [-0.3, -0.25) is 4.79 Å². The third-order valence-corrected chi connectivity index (χ3v) is 8.07. The summed E-state index contributed by atoms with van der Waals surface area (Å²) in [5, 5.41) is 12.4. The number of carbonyl (C=O) groups is 1. The van der Waals surface area contributed by atoms with Gasteiger partial charge in [0.1, 0.15) is 6.61 Å². The van der Waals surface area contributed by atoms with E-state index in [1.165, 1.54) is 0 Å². The van der Waals surface area contributed by atoms with Gasteiger partial charge in [0.2, 0.25) is 11.8 Å². The molecule has 0 bridgehead atoms. The molecule has 3 aromatic heterocycles. The number of nitrogens with two attached hydrogens (primary N) is 1. The number of nitrogens with zero attached hydrogens (tertiary/aromatic N) is 8. The molecule has 3 aromatic rings. The molecule has 13 heteroatoms. The van der Waals surface area contributed by atoms with Gasteiger partial charge >= 0.3 is 6.01 Å². The number of pyridine rings is 1. The molecule has 3 N–H and O–H groups in total. The van der Waals surface area contributed by atoms with Crippen LogP contribution in [0.5, 0.6) is 11.8 Å². The van der Waals surface area contributed by atoms with Crippen LogP contribution in [0.25, 0.3) is 11.3 Å². The van der Waals surface area contributed by atoms with E-state index in [0.29, 0.717) is 43.1 Å². The maximum Gasteiger partial charge on any atom is 0.322 e. The highest BCUT2D eigenvalue weighted by atomic mass is 16.5. The standard InChI is InChI=1S/C28H34N10O3/c1-37-13-21(32-17-37)19-11-22(23(30)31-12-19)40-14-18-5-9-38(10-6-18)26-34-24(25(39)33-20-3-2-4-20)35-27(36-26)41-16-28(15-29)7-8-28/h11-13,17-18,20H,2-10,14,16H2,1H3,(H2,30,31)(H,33,39). The molecule has 214 valence electrons. The molecule has 6 rings (SSSR count). The fourth-order valence-corrected chi connectivity index (χ4v) is 4.88. The summed E-state index contributed by atoms with van der Waals surface area (Å²) in [6, 6.07) is 4.42. The zero-order chi connectivity index (χ0) is 28.4. The number of nitriles is 1. The first-order valence-corrected chi connectivity index (χ1v) is 14.1. The van der Waals surface area contributed by atoms with Crippen LogP contribution in [0.2, 0.25) is 0 Å². The molecular weight excluding hydrogens is 524 g/mol. The number of imidazole rings is 1. The van der Waals surface area contributed by atoms with Crippen molar-refractivity contribution in [2.24, 2.45) is 18.4 Å². The van der Waals surface area contributed by atoms with E-state index >= 15 is 0 Å². The molecule has 1 aliphatic heterocycles. The summed E-state index contributed by atoms with van der Waals surface area (Å²) in [7, 11) is 1.92. The molecule has 0 unspecified atom stereocenters. The molecule has 0 atom stereocenters. The summed E-state index contributed by atoms with van der Waals surface area (Å²) in [5.74, 6) is 1.31. The minimum atomic E-state index is -0.477. The molecule has 41 heavy (non-hydrogen) atoms. The van der Waals surface area contributed by atoms with Crippen LogP contribution >= 0.6 is 0 Å². The van der Waals surface area contributed by atoms with Crippen molar-refractivity contribution in [2.75, 3.05) is 36.9 Å². The Morgan fingerprint density at radius 2 is 1.98 bits per heavy atom. The molecule has 0 radical (unpaired) electrons. The molecule has 0 aromatic carbocycles. The van der Waals surface area contributed by atoms with E-state index in [-0.39, 0.29) is 30.4 Å². The number of aromatic nitrogens is 6. The summed E-state index contributed by atoms with van der Waals surface area (Å²) in [6.07, 6.45) is 11.7. The average Bonchev–Trinajstić information content (AvgIpc) is 3.63. The Morgan fingerprint density at radius 3 is 2.63 bits per heavy atom. The van der Waals surface area contributed by atoms with Gasteiger partial charge in [-0.2, -0.15) is 20.2 Å². The quantitative estimate of drug-likeness (QED) is 0.375. The van der Waals surface area contributed by atoms with E-state index < -0.39 is 5.41 Å². The molecular formula is C28H34N10O3. The van der Waals surface area contributed by atoms with Crippen LogP contribution in [0.3, 0.4) is 0 Å². The van der Waals surface area contributed by atoms with Gasteiger partial charge in [0.25, 0.3) is 5.91 Å². The summed E-state index contributed by atoms with van der Waals surface area (Å²) in [6.45, 7) is 2.08. The maximum atomic E-state index is 12.9. The third kappa shape index (κ3) is 6.16. The number of rotatable bonds is 10. The molecule has 3 aliphatic rings. The minimum Gasteiger partial charge on any atom is -0.489 e. The SMILES string of the molecule is Cn1cnc(-c2cnc(N)c(OCC3CCN(c4nc(OCC5(C#N)CC5)nc(C(=O)NC5CCC5)n4)CC3)c2)c1. The van der Waals surface area contributed by atoms with Gasteiger partial charge in [-0.05, 0) is 56.9 Å². The zero-order valence-electron chi connectivity index (χ0n) is 23.1. The van der Waals surface area contributed by atoms with E-state index in [2.05, 4.69) is 36.3 Å². The maximum absolute atomic E-state index is 12.9. The van der Waals surface area contributed by atoms with Crippen LogP contribution in [0.4, 0.5) is 11.8 Å². The Hall–Kier alpha value is -4.47. The lowest BCUT2D eigenvalue weighted by Crippen LogP contribution is -2.41. The van der Waals surface area contributed by atoms with Crippen molar-refractivity contribution in [1.29, 1.82) is 5.26 Å². The number of anilines is 2. The van der Waals surface area contributed by atoms with Gasteiger partial charge in [-0.15, -0.1) is 0 Å². The van der Waals surface area contributed by atoms with Crippen LogP contribution in [-0.4, -0.2) is 67.7 Å². The lowest BCUT2D eigenvalue weighted by molar-refractivity contribution is 0.0904. The van der Waals surface area contributed by atoms with Gasteiger partial charge < -0.3 is 30.0 Å². The molecule has 0 spiro atoms. The molecule has 1 amide bonds. The van der Waals surface area contributed by atoms with E-state index in [0.717, 1.165) is 56.2 Å². The second-order valence-corrected chi connectivity index (χ2v) is 11.3. The predicted molar refractivity (Wildman–Crippen MR) is 149 cm³/mol. The number of nitrogen functional groups attached to an aromatic ring is 1. The van der Waals surface area contributed by atoms with Crippen molar-refractivity contribution in [3.8, 4) is 29.1 Å². The molecule has 3 fully saturated rings.